The molecular weight excluding hydrogens is 471 g/mol. The number of benzene rings is 2. The maximum atomic E-state index is 13.3. The van der Waals surface area contributed by atoms with Crippen molar-refractivity contribution in [1.82, 2.24) is 9.78 Å². The van der Waals surface area contributed by atoms with Gasteiger partial charge >= 0.3 is 6.18 Å². The molecule has 0 atom stereocenters. The molecule has 0 aliphatic carbocycles. The van der Waals surface area contributed by atoms with E-state index >= 15 is 0 Å². The highest BCUT2D eigenvalue weighted by Crippen LogP contribution is 2.32. The van der Waals surface area contributed by atoms with Crippen LogP contribution in [0.15, 0.2) is 33.6 Å². The molecule has 31 heavy (non-hydrogen) atoms. The third-order valence-corrected chi connectivity index (χ3v) is 8.12. The zero-order chi connectivity index (χ0) is 23.3. The second-order valence-corrected chi connectivity index (χ2v) is 10.0. The lowest BCUT2D eigenvalue weighted by molar-refractivity contribution is -0.138. The van der Waals surface area contributed by atoms with Crippen LogP contribution in [0.5, 0.6) is 0 Å². The predicted molar refractivity (Wildman–Crippen MR) is 114 cm³/mol. The third-order valence-electron chi connectivity index (χ3n) is 5.26. The van der Waals surface area contributed by atoms with Crippen molar-refractivity contribution in [1.29, 1.82) is 0 Å². The van der Waals surface area contributed by atoms with Crippen molar-refractivity contribution in [2.45, 2.75) is 45.7 Å². The molecule has 0 saturated heterocycles. The average molecular weight is 490 g/mol. The standard InChI is InChI=1S/C20H19ClF3N3O2S2/c1-10-11(2)13(4)17(14(5)12(10)3)31(28,29)26-19-27(16-8-6-15(21)7-9-16)25-18(30-19)20(22,23)24/h6-9H,1-5H3/b26-19+. The van der Waals surface area contributed by atoms with Gasteiger partial charge in [0.2, 0.25) is 9.81 Å². The highest BCUT2D eigenvalue weighted by Gasteiger charge is 2.36. The zero-order valence-electron chi connectivity index (χ0n) is 17.3. The molecule has 0 unspecified atom stereocenters. The van der Waals surface area contributed by atoms with Gasteiger partial charge in [-0.3, -0.25) is 0 Å². The van der Waals surface area contributed by atoms with E-state index in [4.69, 9.17) is 11.6 Å². The summed E-state index contributed by atoms with van der Waals surface area (Å²) in [6.45, 7) is 8.83. The lowest BCUT2D eigenvalue weighted by Gasteiger charge is -2.16. The molecule has 11 heteroatoms. The normalized spacial score (nSPS) is 13.1. The smallest absolute Gasteiger partial charge is 0.204 e. The molecule has 5 nitrogen and oxygen atoms in total. The summed E-state index contributed by atoms with van der Waals surface area (Å²) in [7, 11) is -4.33. The van der Waals surface area contributed by atoms with E-state index in [0.29, 0.717) is 16.1 Å². The summed E-state index contributed by atoms with van der Waals surface area (Å²) < 4.78 is 71.1. The van der Waals surface area contributed by atoms with Gasteiger partial charge in [-0.25, -0.2) is 4.68 Å². The Balaban J connectivity index is 2.34. The van der Waals surface area contributed by atoms with Crippen molar-refractivity contribution in [2.75, 3.05) is 0 Å². The number of alkyl halides is 3. The Labute approximate surface area is 186 Å². The molecule has 0 saturated carbocycles. The summed E-state index contributed by atoms with van der Waals surface area (Å²) in [6, 6.07) is 5.81. The van der Waals surface area contributed by atoms with Gasteiger partial charge in [0.1, 0.15) is 0 Å². The molecule has 0 N–H and O–H groups in total. The van der Waals surface area contributed by atoms with Crippen molar-refractivity contribution < 1.29 is 21.6 Å². The van der Waals surface area contributed by atoms with E-state index in [9.17, 15) is 21.6 Å². The van der Waals surface area contributed by atoms with Crippen LogP contribution < -0.4 is 4.80 Å². The molecule has 0 fully saturated rings. The van der Waals surface area contributed by atoms with Gasteiger partial charge in [-0.05, 0) is 86.7 Å². The summed E-state index contributed by atoms with van der Waals surface area (Å²) in [6.07, 6.45) is -4.75. The first-order chi connectivity index (χ1) is 14.2. The van der Waals surface area contributed by atoms with E-state index in [1.807, 2.05) is 6.92 Å². The maximum absolute atomic E-state index is 13.3. The third kappa shape index (κ3) is 4.42. The Morgan fingerprint density at radius 1 is 0.935 bits per heavy atom. The van der Waals surface area contributed by atoms with E-state index in [1.54, 1.807) is 27.7 Å². The van der Waals surface area contributed by atoms with Gasteiger partial charge < -0.3 is 0 Å². The molecule has 3 aromatic rings. The van der Waals surface area contributed by atoms with Crippen molar-refractivity contribution in [3.8, 4) is 5.69 Å². The number of hydrogen-bond donors (Lipinski definition) is 0. The zero-order valence-corrected chi connectivity index (χ0v) is 19.7. The molecule has 0 amide bonds. The van der Waals surface area contributed by atoms with Crippen molar-refractivity contribution in [3.63, 3.8) is 0 Å². The molecule has 1 heterocycles. The summed E-state index contributed by atoms with van der Waals surface area (Å²) >= 11 is 6.01. The highest BCUT2D eigenvalue weighted by molar-refractivity contribution is 7.90. The summed E-state index contributed by atoms with van der Waals surface area (Å²) in [5.41, 5.74) is 3.79. The van der Waals surface area contributed by atoms with E-state index in [2.05, 4.69) is 9.50 Å². The first-order valence-corrected chi connectivity index (χ1v) is 11.7. The second-order valence-electron chi connectivity index (χ2n) is 7.10. The fourth-order valence-corrected chi connectivity index (χ4v) is 5.87. The Kier molecular flexibility index (Phi) is 6.11. The Hall–Kier alpha value is -2.17. The second kappa shape index (κ2) is 8.07. The fraction of sp³-hybridized carbons (Fsp3) is 0.300. The van der Waals surface area contributed by atoms with Gasteiger partial charge in [-0.15, -0.1) is 9.50 Å². The maximum Gasteiger partial charge on any atom is 0.445 e. The SMILES string of the molecule is Cc1c(C)c(C)c(S(=O)(=O)/N=c2/sc(C(F)(F)F)nn2-c2ccc(Cl)cc2)c(C)c1C. The number of hydrogen-bond acceptors (Lipinski definition) is 4. The highest BCUT2D eigenvalue weighted by atomic mass is 35.5. The number of nitrogens with zero attached hydrogens (tertiary/aromatic N) is 3. The molecular formula is C20H19ClF3N3O2S2. The summed E-state index contributed by atoms with van der Waals surface area (Å²) in [5, 5.41) is 2.73. The first-order valence-electron chi connectivity index (χ1n) is 9.05. The van der Waals surface area contributed by atoms with Gasteiger partial charge in [-0.2, -0.15) is 21.6 Å². The van der Waals surface area contributed by atoms with Crippen LogP contribution in [0.1, 0.15) is 32.8 Å². The average Bonchev–Trinajstić information content (AvgIpc) is 3.09. The molecule has 3 rings (SSSR count). The minimum absolute atomic E-state index is 0.00212. The van der Waals surface area contributed by atoms with Crippen LogP contribution in [-0.4, -0.2) is 18.2 Å². The molecule has 0 aliphatic heterocycles. The van der Waals surface area contributed by atoms with Crippen LogP contribution in [-0.2, 0) is 16.2 Å². The largest absolute Gasteiger partial charge is 0.445 e. The van der Waals surface area contributed by atoms with Gasteiger partial charge in [0, 0.05) is 5.02 Å². The van der Waals surface area contributed by atoms with Gasteiger partial charge in [0.05, 0.1) is 10.6 Å². The molecule has 0 aliphatic rings. The molecule has 0 bridgehead atoms. The number of sulfonamides is 1. The number of halogens is 4. The molecule has 1 aromatic heterocycles. The number of rotatable bonds is 3. The summed E-state index contributed by atoms with van der Waals surface area (Å²) in [4.78, 5) is -0.415. The fourth-order valence-electron chi connectivity index (χ4n) is 3.21. The van der Waals surface area contributed by atoms with E-state index < -0.39 is 26.0 Å². The van der Waals surface area contributed by atoms with Crippen LogP contribution in [0.2, 0.25) is 5.02 Å². The van der Waals surface area contributed by atoms with E-state index in [0.717, 1.165) is 21.4 Å². The molecule has 0 spiro atoms. The van der Waals surface area contributed by atoms with Crippen molar-refractivity contribution >= 4 is 33.0 Å². The van der Waals surface area contributed by atoms with E-state index in [-0.39, 0.29) is 21.9 Å². The van der Waals surface area contributed by atoms with Gasteiger partial charge in [0.25, 0.3) is 10.0 Å². The Bertz CT molecular complexity index is 1310. The topological polar surface area (TPSA) is 64.3 Å². The van der Waals surface area contributed by atoms with Crippen molar-refractivity contribution in [3.05, 3.63) is 66.9 Å². The van der Waals surface area contributed by atoms with Crippen LogP contribution in [0.4, 0.5) is 13.2 Å². The van der Waals surface area contributed by atoms with Crippen molar-refractivity contribution in [2.24, 2.45) is 4.40 Å². The van der Waals surface area contributed by atoms with Gasteiger partial charge in [-0.1, -0.05) is 22.9 Å². The van der Waals surface area contributed by atoms with Gasteiger partial charge in [0.15, 0.2) is 0 Å². The van der Waals surface area contributed by atoms with Crippen LogP contribution in [0, 0.1) is 34.6 Å². The lowest BCUT2D eigenvalue weighted by Crippen LogP contribution is -2.18. The molecule has 0 radical (unpaired) electrons. The number of aromatic nitrogens is 2. The lowest BCUT2D eigenvalue weighted by atomic mass is 9.95. The summed E-state index contributed by atoms with van der Waals surface area (Å²) in [5.74, 6) is 0. The van der Waals surface area contributed by atoms with Crippen LogP contribution in [0.3, 0.4) is 0 Å². The molecule has 2 aromatic carbocycles. The quantitative estimate of drug-likeness (QED) is 0.492. The first kappa shape index (κ1) is 23.5. The predicted octanol–water partition coefficient (Wildman–Crippen LogP) is 5.44. The van der Waals surface area contributed by atoms with E-state index in [1.165, 1.54) is 24.3 Å². The van der Waals surface area contributed by atoms with Crippen LogP contribution in [0.25, 0.3) is 5.69 Å². The minimum atomic E-state index is -4.75. The monoisotopic (exact) mass is 489 g/mol. The Morgan fingerprint density at radius 2 is 1.42 bits per heavy atom. The van der Waals surface area contributed by atoms with Crippen LogP contribution >= 0.6 is 22.9 Å². The Morgan fingerprint density at radius 3 is 1.90 bits per heavy atom. The molecule has 166 valence electrons. The minimum Gasteiger partial charge on any atom is -0.204 e.